The zero-order valence-corrected chi connectivity index (χ0v) is 30.8. The molecule has 7 aliphatic rings. The molecule has 0 amide bonds. The Morgan fingerprint density at radius 2 is 1.21 bits per heavy atom. The van der Waals surface area contributed by atoms with Gasteiger partial charge in [0.15, 0.2) is 12.4 Å². The van der Waals surface area contributed by atoms with Crippen molar-refractivity contribution in [3.63, 3.8) is 0 Å². The van der Waals surface area contributed by atoms with Gasteiger partial charge in [0, 0.05) is 25.7 Å². The first-order chi connectivity index (χ1) is 27.6. The van der Waals surface area contributed by atoms with Crippen LogP contribution in [0.1, 0.15) is 13.8 Å². The molecule has 0 radical (unpaired) electrons. The van der Waals surface area contributed by atoms with Crippen LogP contribution in [-0.2, 0) is 66.5 Å². The van der Waals surface area contributed by atoms with Crippen molar-refractivity contribution in [3.05, 3.63) is 47.0 Å². The molecule has 0 aromatic heterocycles. The summed E-state index contributed by atoms with van der Waals surface area (Å²) in [6.45, 7) is 0.111. The summed E-state index contributed by atoms with van der Waals surface area (Å²) in [5.74, 6) is -7.09. The second-order valence-corrected chi connectivity index (χ2v) is 14.7. The summed E-state index contributed by atoms with van der Waals surface area (Å²) in [4.78, 5) is 50.0. The number of hydrogen-bond acceptors (Lipinski definition) is 22. The van der Waals surface area contributed by atoms with E-state index >= 15 is 0 Å². The van der Waals surface area contributed by atoms with Gasteiger partial charge in [-0.05, 0) is 17.2 Å². The first-order valence-electron chi connectivity index (χ1n) is 18.4. The van der Waals surface area contributed by atoms with Gasteiger partial charge < -0.3 is 88.2 Å². The van der Waals surface area contributed by atoms with Crippen LogP contribution < -0.4 is 0 Å². The number of carbonyl (C=O) groups is 4. The Kier molecular flexibility index (Phi) is 12.3. The summed E-state index contributed by atoms with van der Waals surface area (Å²) in [6.07, 6.45) is -17.6. The van der Waals surface area contributed by atoms with Crippen molar-refractivity contribution in [1.29, 1.82) is 0 Å². The summed E-state index contributed by atoms with van der Waals surface area (Å²) >= 11 is 0. The van der Waals surface area contributed by atoms with Crippen molar-refractivity contribution >= 4 is 23.9 Å². The van der Waals surface area contributed by atoms with E-state index in [4.69, 9.17) is 47.4 Å². The van der Waals surface area contributed by atoms with Gasteiger partial charge >= 0.3 is 23.9 Å². The largest absolute Gasteiger partial charge is 0.471 e. The van der Waals surface area contributed by atoms with E-state index < -0.39 is 154 Å². The zero-order valence-electron chi connectivity index (χ0n) is 30.8. The van der Waals surface area contributed by atoms with Crippen molar-refractivity contribution in [2.45, 2.75) is 100 Å². The van der Waals surface area contributed by atoms with E-state index in [1.54, 1.807) is 6.08 Å². The normalized spacial score (nSPS) is 42.6. The standard InChI is InChI=1S/C36H44O22/c1-11(39)49-7-13-3-17(41)23-15(9-51-33(21(13)23)57-35-29(46)27(44)25(42)19(5-37)54-35)32(48)56-30-28(45)26(43)20(6-38)55-36(30)58-34-22-14(8-50-12(2)40)4-18-24(22)16(10-52-34)31(47)53-18/h3-4,9-10,17-30,33-38,41-46H,5-8H2,1-2H3/t17-,18-,19+,20+,21+,22+,23-,24-,25+,26+,27-,28-,29+,30+,33-,34-,35-,36-/m0/s1. The minimum atomic E-state index is -1.97. The van der Waals surface area contributed by atoms with Gasteiger partial charge in [-0.15, -0.1) is 0 Å². The zero-order chi connectivity index (χ0) is 41.7. The van der Waals surface area contributed by atoms with Gasteiger partial charge in [0.05, 0.1) is 54.8 Å². The quantitative estimate of drug-likeness (QED) is 0.0521. The lowest BCUT2D eigenvalue weighted by atomic mass is 9.82. The van der Waals surface area contributed by atoms with Gasteiger partial charge in [-0.25, -0.2) is 9.59 Å². The highest BCUT2D eigenvalue weighted by Crippen LogP contribution is 2.50. The van der Waals surface area contributed by atoms with Crippen molar-refractivity contribution in [2.75, 3.05) is 26.4 Å². The third-order valence-electron chi connectivity index (χ3n) is 11.1. The predicted octanol–water partition coefficient (Wildman–Crippen LogP) is -4.59. The number of esters is 4. The molecule has 320 valence electrons. The van der Waals surface area contributed by atoms with Gasteiger partial charge in [0.2, 0.25) is 18.9 Å². The maximum atomic E-state index is 14.1. The van der Waals surface area contributed by atoms with Gasteiger partial charge in [-0.3, -0.25) is 9.59 Å². The Bertz CT molecular complexity index is 1740. The van der Waals surface area contributed by atoms with Crippen LogP contribution >= 0.6 is 0 Å². The summed E-state index contributed by atoms with van der Waals surface area (Å²) in [6, 6.07) is 0. The Morgan fingerprint density at radius 1 is 0.655 bits per heavy atom. The van der Waals surface area contributed by atoms with E-state index in [1.165, 1.54) is 13.0 Å². The van der Waals surface area contributed by atoms with Crippen molar-refractivity contribution < 1.29 is 107 Å². The second-order valence-electron chi connectivity index (χ2n) is 14.7. The van der Waals surface area contributed by atoms with Crippen LogP contribution in [0.15, 0.2) is 47.0 Å². The molecule has 18 atom stereocenters. The highest BCUT2D eigenvalue weighted by atomic mass is 16.8. The lowest BCUT2D eigenvalue weighted by Gasteiger charge is -2.44. The molecule has 22 nitrogen and oxygen atoms in total. The van der Waals surface area contributed by atoms with E-state index in [9.17, 15) is 60.0 Å². The average molecular weight is 829 g/mol. The first kappa shape index (κ1) is 42.1. The van der Waals surface area contributed by atoms with Crippen molar-refractivity contribution in [1.82, 2.24) is 0 Å². The van der Waals surface area contributed by atoms with E-state index in [1.807, 2.05) is 0 Å². The Morgan fingerprint density at radius 3 is 1.83 bits per heavy atom. The molecule has 7 rings (SSSR count). The maximum Gasteiger partial charge on any atom is 0.338 e. The fraction of sp³-hybridized carbons (Fsp3) is 0.667. The molecule has 0 unspecified atom stereocenters. The fourth-order valence-corrected chi connectivity index (χ4v) is 8.27. The monoisotopic (exact) mass is 828 g/mol. The minimum absolute atomic E-state index is 0.185. The van der Waals surface area contributed by atoms with Gasteiger partial charge in [0.1, 0.15) is 62.0 Å². The SMILES string of the molecule is CC(=O)OCC1=C[C@@H]2OC(=O)C3=CO[C@@H](O[C@@H]4O[C@H](CO)[C@@H](O)[C@H](O)[C@H]4OC(=O)C4=CO[C@@H](O[C@@H]5O[C@H](CO)[C@@H](O)[C@H](O)[C@H]5O)[C@@H]5C(COC(C)=O)=C[C@H](O)[C@H]45)[C@H]1[C@@H]32. The number of rotatable bonds is 12. The molecule has 22 heteroatoms. The van der Waals surface area contributed by atoms with E-state index in [-0.39, 0.29) is 23.3 Å². The molecule has 3 saturated heterocycles. The summed E-state index contributed by atoms with van der Waals surface area (Å²) in [5, 5.41) is 84.2. The minimum Gasteiger partial charge on any atom is -0.471 e. The number of hydrogen-bond donors (Lipinski definition) is 8. The fourth-order valence-electron chi connectivity index (χ4n) is 8.27. The number of fused-ring (bicyclic) bond motifs is 1. The molecular weight excluding hydrogens is 784 g/mol. The molecule has 8 N–H and O–H groups in total. The summed E-state index contributed by atoms with van der Waals surface area (Å²) < 4.78 is 56.3. The smallest absolute Gasteiger partial charge is 0.338 e. The third kappa shape index (κ3) is 7.75. The third-order valence-corrected chi connectivity index (χ3v) is 11.1. The lowest BCUT2D eigenvalue weighted by molar-refractivity contribution is -0.342. The molecule has 0 saturated carbocycles. The first-order valence-corrected chi connectivity index (χ1v) is 18.4. The number of aliphatic hydroxyl groups excluding tert-OH is 8. The van der Waals surface area contributed by atoms with Crippen LogP contribution in [0.5, 0.6) is 0 Å². The van der Waals surface area contributed by atoms with Crippen LogP contribution in [0.3, 0.4) is 0 Å². The van der Waals surface area contributed by atoms with Gasteiger partial charge in [-0.1, -0.05) is 6.08 Å². The highest BCUT2D eigenvalue weighted by Gasteiger charge is 2.58. The molecule has 5 aliphatic heterocycles. The van der Waals surface area contributed by atoms with E-state index in [0.717, 1.165) is 19.4 Å². The molecule has 0 aromatic carbocycles. The van der Waals surface area contributed by atoms with Crippen LogP contribution in [0, 0.1) is 23.7 Å². The number of aliphatic hydroxyl groups is 8. The Labute approximate surface area is 328 Å². The predicted molar refractivity (Wildman–Crippen MR) is 179 cm³/mol. The second kappa shape index (κ2) is 16.9. The molecule has 5 heterocycles. The van der Waals surface area contributed by atoms with Crippen molar-refractivity contribution in [3.8, 4) is 0 Å². The molecular formula is C36H44O22. The molecule has 2 aliphatic carbocycles. The highest BCUT2D eigenvalue weighted by molar-refractivity contribution is 5.92. The van der Waals surface area contributed by atoms with Crippen LogP contribution in [0.25, 0.3) is 0 Å². The average Bonchev–Trinajstić information content (AvgIpc) is 3.84. The lowest BCUT2D eigenvalue weighted by Crippen LogP contribution is -2.61. The molecule has 3 fully saturated rings. The van der Waals surface area contributed by atoms with Crippen LogP contribution in [0.4, 0.5) is 0 Å². The maximum absolute atomic E-state index is 14.1. The Balaban J connectivity index is 1.14. The van der Waals surface area contributed by atoms with Gasteiger partial charge in [-0.2, -0.15) is 0 Å². The molecule has 0 aromatic rings. The van der Waals surface area contributed by atoms with Crippen molar-refractivity contribution in [2.24, 2.45) is 23.7 Å². The van der Waals surface area contributed by atoms with Crippen LogP contribution in [0.2, 0.25) is 0 Å². The topological polar surface area (TPSA) is 322 Å². The van der Waals surface area contributed by atoms with E-state index in [2.05, 4.69) is 0 Å². The molecule has 0 bridgehead atoms. The van der Waals surface area contributed by atoms with Crippen LogP contribution in [-0.4, -0.2) is 177 Å². The number of ether oxygens (including phenoxy) is 10. The molecule has 58 heavy (non-hydrogen) atoms. The molecule has 0 spiro atoms. The van der Waals surface area contributed by atoms with E-state index in [0.29, 0.717) is 5.57 Å². The Hall–Kier alpha value is -4.04. The van der Waals surface area contributed by atoms with Gasteiger partial charge in [0.25, 0.3) is 0 Å². The number of carbonyl (C=O) groups excluding carboxylic acids is 4. The summed E-state index contributed by atoms with van der Waals surface area (Å²) in [7, 11) is 0. The summed E-state index contributed by atoms with van der Waals surface area (Å²) in [5.41, 5.74) is 0.469.